The average molecular weight is 301 g/mol. The van der Waals surface area contributed by atoms with E-state index in [0.717, 1.165) is 37.1 Å². The van der Waals surface area contributed by atoms with Crippen molar-refractivity contribution in [1.82, 2.24) is 13.6 Å². The minimum atomic E-state index is -3.25. The molecule has 1 aromatic heterocycles. The van der Waals surface area contributed by atoms with Gasteiger partial charge in [0.1, 0.15) is 0 Å². The van der Waals surface area contributed by atoms with E-state index >= 15 is 0 Å². The molecule has 7 heteroatoms. The van der Waals surface area contributed by atoms with Gasteiger partial charge in [0.25, 0.3) is 0 Å². The van der Waals surface area contributed by atoms with Crippen molar-refractivity contribution in [3.05, 3.63) is 5.69 Å². The van der Waals surface area contributed by atoms with Gasteiger partial charge in [-0.25, -0.2) is 8.42 Å². The molecule has 106 valence electrons. The third-order valence-electron chi connectivity index (χ3n) is 4.17. The first-order chi connectivity index (χ1) is 9.12. The van der Waals surface area contributed by atoms with Gasteiger partial charge in [0.15, 0.2) is 14.9 Å². The quantitative estimate of drug-likeness (QED) is 0.844. The van der Waals surface area contributed by atoms with Crippen LogP contribution < -0.4 is 0 Å². The fourth-order valence-electron chi connectivity index (χ4n) is 3.32. The first kappa shape index (κ1) is 13.5. The average Bonchev–Trinajstić information content (AvgIpc) is 2.94. The van der Waals surface area contributed by atoms with Gasteiger partial charge in [0, 0.05) is 19.0 Å². The maximum absolute atomic E-state index is 12.3. The summed E-state index contributed by atoms with van der Waals surface area (Å²) in [7, 11) is -3.25. The second-order valence-electron chi connectivity index (χ2n) is 5.54. The number of piperidine rings is 1. The van der Waals surface area contributed by atoms with Gasteiger partial charge in [-0.05, 0) is 31.7 Å². The molecule has 0 radical (unpaired) electrons. The van der Waals surface area contributed by atoms with Gasteiger partial charge in [-0.3, -0.25) is 0 Å². The van der Waals surface area contributed by atoms with Crippen molar-refractivity contribution in [2.75, 3.05) is 25.4 Å². The Morgan fingerprint density at radius 1 is 1.37 bits per heavy atom. The van der Waals surface area contributed by atoms with Crippen LogP contribution in [0.5, 0.6) is 0 Å². The minimum Gasteiger partial charge on any atom is -0.302 e. The number of hydrogen-bond donors (Lipinski definition) is 0. The molecule has 5 nitrogen and oxygen atoms in total. The number of aromatic nitrogens is 2. The van der Waals surface area contributed by atoms with Gasteiger partial charge in [0.05, 0.1) is 23.2 Å². The number of rotatable bonds is 4. The molecule has 3 atom stereocenters. The molecule has 19 heavy (non-hydrogen) atoms. The van der Waals surface area contributed by atoms with Crippen molar-refractivity contribution in [2.45, 2.75) is 37.1 Å². The Bertz CT molecular complexity index is 555. The third kappa shape index (κ3) is 2.43. The molecule has 0 N–H and O–H groups in total. The van der Waals surface area contributed by atoms with Gasteiger partial charge in [-0.2, -0.15) is 8.75 Å². The number of hydrogen-bond acceptors (Lipinski definition) is 6. The fraction of sp³-hybridized carbons (Fsp3) is 0.833. The van der Waals surface area contributed by atoms with E-state index in [1.165, 1.54) is 12.8 Å². The van der Waals surface area contributed by atoms with Crippen LogP contribution in [0.15, 0.2) is 5.03 Å². The van der Waals surface area contributed by atoms with Crippen LogP contribution in [0.25, 0.3) is 0 Å². The van der Waals surface area contributed by atoms with Crippen molar-refractivity contribution >= 4 is 21.6 Å². The summed E-state index contributed by atoms with van der Waals surface area (Å²) in [4.78, 5) is 2.42. The Labute approximate surface area is 118 Å². The summed E-state index contributed by atoms with van der Waals surface area (Å²) in [5.74, 6) is 1.00. The molecule has 2 aliphatic rings. The van der Waals surface area contributed by atoms with Crippen LogP contribution in [0, 0.1) is 5.92 Å². The SMILES string of the molecule is CCCS(=O)(=O)c1nsnc1C1CN2CCCC1C2. The molecule has 0 aromatic carbocycles. The first-order valence-electron chi connectivity index (χ1n) is 6.89. The highest BCUT2D eigenvalue weighted by Gasteiger charge is 2.40. The van der Waals surface area contributed by atoms with Crippen molar-refractivity contribution in [3.8, 4) is 0 Å². The smallest absolute Gasteiger partial charge is 0.198 e. The largest absolute Gasteiger partial charge is 0.302 e. The molecule has 1 aromatic rings. The standard InChI is InChI=1S/C12H19N3O2S2/c1-2-6-19(16,17)12-11(13-18-14-12)10-8-15-5-3-4-9(10)7-15/h9-10H,2-8H2,1H3. The highest BCUT2D eigenvalue weighted by molar-refractivity contribution is 7.91. The van der Waals surface area contributed by atoms with Crippen LogP contribution >= 0.6 is 11.7 Å². The Hall–Kier alpha value is -0.530. The van der Waals surface area contributed by atoms with Crippen molar-refractivity contribution in [1.29, 1.82) is 0 Å². The zero-order chi connectivity index (χ0) is 13.5. The Kier molecular flexibility index (Phi) is 3.61. The van der Waals surface area contributed by atoms with Gasteiger partial charge in [0.2, 0.25) is 0 Å². The second kappa shape index (κ2) is 5.10. The zero-order valence-electron chi connectivity index (χ0n) is 11.1. The predicted octanol–water partition coefficient (Wildman–Crippen LogP) is 1.53. The molecule has 2 bridgehead atoms. The van der Waals surface area contributed by atoms with Gasteiger partial charge in [-0.15, -0.1) is 0 Å². The molecule has 2 aliphatic heterocycles. The summed E-state index contributed by atoms with van der Waals surface area (Å²) in [5, 5.41) is 0.262. The van der Waals surface area contributed by atoms with E-state index in [9.17, 15) is 8.42 Å². The van der Waals surface area contributed by atoms with Gasteiger partial charge in [-0.1, -0.05) is 6.92 Å². The molecule has 3 rings (SSSR count). The number of fused-ring (bicyclic) bond motifs is 2. The van der Waals surface area contributed by atoms with Crippen molar-refractivity contribution in [2.24, 2.45) is 5.92 Å². The van der Waals surface area contributed by atoms with Gasteiger partial charge >= 0.3 is 0 Å². The third-order valence-corrected chi connectivity index (χ3v) is 6.66. The van der Waals surface area contributed by atoms with E-state index < -0.39 is 9.84 Å². The maximum atomic E-state index is 12.3. The minimum absolute atomic E-state index is 0.173. The van der Waals surface area contributed by atoms with E-state index in [4.69, 9.17) is 0 Å². The summed E-state index contributed by atoms with van der Waals surface area (Å²) >= 11 is 1.04. The first-order valence-corrected chi connectivity index (χ1v) is 9.27. The Morgan fingerprint density at radius 2 is 2.21 bits per heavy atom. The normalized spacial score (nSPS) is 30.7. The molecule has 0 aliphatic carbocycles. The molecule has 3 heterocycles. The lowest BCUT2D eigenvalue weighted by atomic mass is 9.89. The van der Waals surface area contributed by atoms with Crippen LogP contribution in [0.4, 0.5) is 0 Å². The lowest BCUT2D eigenvalue weighted by Gasteiger charge is -2.21. The fourth-order valence-corrected chi connectivity index (χ4v) is 5.69. The number of nitrogens with zero attached hydrogens (tertiary/aromatic N) is 3. The summed E-state index contributed by atoms with van der Waals surface area (Å²) in [5.41, 5.74) is 0.743. The molecule has 0 amide bonds. The molecule has 0 spiro atoms. The lowest BCUT2D eigenvalue weighted by Crippen LogP contribution is -2.25. The second-order valence-corrected chi connectivity index (χ2v) is 8.09. The number of sulfone groups is 1. The summed E-state index contributed by atoms with van der Waals surface area (Å²) in [6, 6.07) is 0. The van der Waals surface area contributed by atoms with E-state index in [1.54, 1.807) is 0 Å². The Balaban J connectivity index is 1.92. The monoisotopic (exact) mass is 301 g/mol. The lowest BCUT2D eigenvalue weighted by molar-refractivity contribution is 0.269. The molecular weight excluding hydrogens is 282 g/mol. The molecule has 3 unspecified atom stereocenters. The molecule has 2 saturated heterocycles. The van der Waals surface area contributed by atoms with Crippen LogP contribution in [-0.4, -0.2) is 47.5 Å². The summed E-state index contributed by atoms with van der Waals surface area (Å²) < 4.78 is 32.9. The van der Waals surface area contributed by atoms with Crippen molar-refractivity contribution in [3.63, 3.8) is 0 Å². The zero-order valence-corrected chi connectivity index (χ0v) is 12.7. The maximum Gasteiger partial charge on any atom is 0.198 e. The van der Waals surface area contributed by atoms with E-state index in [1.807, 2.05) is 6.92 Å². The summed E-state index contributed by atoms with van der Waals surface area (Å²) in [6.07, 6.45) is 3.03. The van der Waals surface area contributed by atoms with Crippen LogP contribution in [-0.2, 0) is 9.84 Å². The van der Waals surface area contributed by atoms with Crippen LogP contribution in [0.1, 0.15) is 37.8 Å². The predicted molar refractivity (Wildman–Crippen MR) is 74.2 cm³/mol. The van der Waals surface area contributed by atoms with Crippen LogP contribution in [0.2, 0.25) is 0 Å². The topological polar surface area (TPSA) is 63.2 Å². The highest BCUT2D eigenvalue weighted by Crippen LogP contribution is 2.40. The van der Waals surface area contributed by atoms with Gasteiger partial charge < -0.3 is 4.90 Å². The van der Waals surface area contributed by atoms with Crippen molar-refractivity contribution < 1.29 is 8.42 Å². The molecular formula is C12H19N3O2S2. The molecule has 0 saturated carbocycles. The molecule has 2 fully saturated rings. The Morgan fingerprint density at radius 3 is 2.95 bits per heavy atom. The summed E-state index contributed by atoms with van der Waals surface area (Å²) in [6.45, 7) is 5.06. The highest BCUT2D eigenvalue weighted by atomic mass is 32.2. The van der Waals surface area contributed by atoms with Crippen LogP contribution in [0.3, 0.4) is 0 Å². The van der Waals surface area contributed by atoms with E-state index in [2.05, 4.69) is 13.6 Å². The van der Waals surface area contributed by atoms with E-state index in [0.29, 0.717) is 12.3 Å². The van der Waals surface area contributed by atoms with E-state index in [-0.39, 0.29) is 16.7 Å².